The summed E-state index contributed by atoms with van der Waals surface area (Å²) < 4.78 is 0. The Morgan fingerprint density at radius 1 is 1.44 bits per heavy atom. The number of aliphatic carboxylic acids is 1. The molecule has 3 heteroatoms. The number of hydrogen-bond acceptors (Lipinski definition) is 2. The van der Waals surface area contributed by atoms with E-state index < -0.39 is 5.97 Å². The van der Waals surface area contributed by atoms with Crippen LogP contribution in [-0.2, 0) is 24.1 Å². The summed E-state index contributed by atoms with van der Waals surface area (Å²) in [5, 5.41) is 8.64. The Labute approximate surface area is 95.3 Å². The third-order valence-corrected chi connectivity index (χ3v) is 3.16. The second-order valence-electron chi connectivity index (χ2n) is 4.50. The van der Waals surface area contributed by atoms with Crippen LogP contribution in [0.25, 0.3) is 0 Å². The van der Waals surface area contributed by atoms with Crippen LogP contribution in [0, 0.1) is 0 Å². The molecule has 0 fully saturated rings. The average Bonchev–Trinajstić information content (AvgIpc) is 2.25. The fraction of sp³-hybridized carbons (Fsp3) is 0.462. The minimum absolute atomic E-state index is 0.199. The van der Waals surface area contributed by atoms with Gasteiger partial charge in [0.05, 0.1) is 0 Å². The lowest BCUT2D eigenvalue weighted by atomic mass is 9.87. The second kappa shape index (κ2) is 4.66. The third kappa shape index (κ3) is 2.61. The zero-order chi connectivity index (χ0) is 11.5. The van der Waals surface area contributed by atoms with Crippen LogP contribution in [0.4, 0.5) is 0 Å². The number of nitrogens with two attached hydrogens (primary N) is 1. The normalized spacial score (nSPS) is 19.2. The highest BCUT2D eigenvalue weighted by atomic mass is 16.4. The zero-order valence-electron chi connectivity index (χ0n) is 9.28. The first-order chi connectivity index (χ1) is 7.65. The summed E-state index contributed by atoms with van der Waals surface area (Å²) in [6, 6.07) is 6.55. The van der Waals surface area contributed by atoms with Crippen molar-refractivity contribution in [2.24, 2.45) is 5.73 Å². The highest BCUT2D eigenvalue weighted by molar-refractivity contribution is 5.67. The van der Waals surface area contributed by atoms with E-state index in [1.165, 1.54) is 11.1 Å². The maximum atomic E-state index is 10.5. The van der Waals surface area contributed by atoms with Crippen LogP contribution in [0.1, 0.15) is 29.5 Å². The van der Waals surface area contributed by atoms with Gasteiger partial charge in [0.25, 0.3) is 0 Å². The quantitative estimate of drug-likeness (QED) is 0.810. The predicted molar refractivity (Wildman–Crippen MR) is 62.4 cm³/mol. The molecule has 1 aliphatic carbocycles. The molecule has 1 aromatic carbocycles. The Balaban J connectivity index is 2.11. The molecule has 1 aliphatic rings. The Kier molecular flexibility index (Phi) is 3.25. The Bertz CT molecular complexity index is 401. The summed E-state index contributed by atoms with van der Waals surface area (Å²) in [4.78, 5) is 10.5. The van der Waals surface area contributed by atoms with Gasteiger partial charge in [0.15, 0.2) is 0 Å². The summed E-state index contributed by atoms with van der Waals surface area (Å²) in [5.41, 5.74) is 9.72. The number of benzene rings is 1. The van der Waals surface area contributed by atoms with E-state index in [2.05, 4.69) is 12.1 Å². The largest absolute Gasteiger partial charge is 0.481 e. The van der Waals surface area contributed by atoms with Crippen LogP contribution in [0.15, 0.2) is 18.2 Å². The van der Waals surface area contributed by atoms with Crippen molar-refractivity contribution >= 4 is 5.97 Å². The lowest BCUT2D eigenvalue weighted by Crippen LogP contribution is -2.27. The number of rotatable bonds is 3. The Morgan fingerprint density at radius 2 is 2.25 bits per heavy atom. The predicted octanol–water partition coefficient (Wildman–Crippen LogP) is 1.52. The summed E-state index contributed by atoms with van der Waals surface area (Å²) >= 11 is 0. The SMILES string of the molecule is NC1CCc2ccc(CCC(=O)O)cc2C1. The zero-order valence-corrected chi connectivity index (χ0v) is 9.28. The van der Waals surface area contributed by atoms with Crippen molar-refractivity contribution in [3.63, 3.8) is 0 Å². The van der Waals surface area contributed by atoms with Gasteiger partial charge in [-0.1, -0.05) is 18.2 Å². The van der Waals surface area contributed by atoms with Gasteiger partial charge in [-0.15, -0.1) is 0 Å². The molecule has 3 N–H and O–H groups in total. The molecular weight excluding hydrogens is 202 g/mol. The molecular formula is C13H17NO2. The topological polar surface area (TPSA) is 63.3 Å². The number of fused-ring (bicyclic) bond motifs is 1. The van der Waals surface area contributed by atoms with Crippen molar-refractivity contribution in [2.45, 2.75) is 38.1 Å². The molecule has 1 aromatic rings. The molecule has 0 aromatic heterocycles. The number of carboxylic acid groups (broad SMARTS) is 1. The van der Waals surface area contributed by atoms with Crippen molar-refractivity contribution in [1.29, 1.82) is 0 Å². The third-order valence-electron chi connectivity index (χ3n) is 3.16. The fourth-order valence-corrected chi connectivity index (χ4v) is 2.25. The molecule has 0 amide bonds. The molecule has 1 atom stereocenters. The standard InChI is InChI=1S/C13H17NO2/c14-12-5-4-10-3-1-9(2-6-13(15)16)7-11(10)8-12/h1,3,7,12H,2,4-6,8,14H2,(H,15,16). The van der Waals surface area contributed by atoms with E-state index in [1.807, 2.05) is 6.07 Å². The summed E-state index contributed by atoms with van der Waals surface area (Å²) in [6.45, 7) is 0. The van der Waals surface area contributed by atoms with Gasteiger partial charge in [-0.25, -0.2) is 0 Å². The molecule has 2 rings (SSSR count). The molecule has 0 saturated carbocycles. The van der Waals surface area contributed by atoms with Crippen molar-refractivity contribution in [2.75, 3.05) is 0 Å². The first-order valence-corrected chi connectivity index (χ1v) is 5.73. The smallest absolute Gasteiger partial charge is 0.303 e. The van der Waals surface area contributed by atoms with Crippen LogP contribution in [-0.4, -0.2) is 17.1 Å². The summed E-state index contributed by atoms with van der Waals surface area (Å²) in [6.07, 6.45) is 3.84. The number of hydrogen-bond donors (Lipinski definition) is 2. The highest BCUT2D eigenvalue weighted by Gasteiger charge is 2.15. The van der Waals surface area contributed by atoms with Gasteiger partial charge in [-0.3, -0.25) is 4.79 Å². The van der Waals surface area contributed by atoms with Crippen molar-refractivity contribution in [3.8, 4) is 0 Å². The van der Waals surface area contributed by atoms with Crippen LogP contribution < -0.4 is 5.73 Å². The molecule has 0 saturated heterocycles. The molecule has 3 nitrogen and oxygen atoms in total. The molecule has 1 unspecified atom stereocenters. The molecule has 0 radical (unpaired) electrons. The maximum Gasteiger partial charge on any atom is 0.303 e. The van der Waals surface area contributed by atoms with Gasteiger partial charge in [-0.05, 0) is 42.4 Å². The molecule has 0 heterocycles. The van der Waals surface area contributed by atoms with Crippen molar-refractivity contribution in [1.82, 2.24) is 0 Å². The second-order valence-corrected chi connectivity index (χ2v) is 4.50. The lowest BCUT2D eigenvalue weighted by molar-refractivity contribution is -0.136. The Hall–Kier alpha value is -1.35. The first kappa shape index (κ1) is 11.1. The molecule has 0 aliphatic heterocycles. The van der Waals surface area contributed by atoms with Crippen LogP contribution in [0.2, 0.25) is 0 Å². The van der Waals surface area contributed by atoms with Crippen LogP contribution in [0.5, 0.6) is 0 Å². The van der Waals surface area contributed by atoms with E-state index in [-0.39, 0.29) is 12.5 Å². The highest BCUT2D eigenvalue weighted by Crippen LogP contribution is 2.22. The lowest BCUT2D eigenvalue weighted by Gasteiger charge is -2.21. The van der Waals surface area contributed by atoms with E-state index in [1.54, 1.807) is 0 Å². The van der Waals surface area contributed by atoms with Crippen LogP contribution >= 0.6 is 0 Å². The number of carbonyl (C=O) groups is 1. The minimum atomic E-state index is -0.741. The van der Waals surface area contributed by atoms with Crippen molar-refractivity contribution < 1.29 is 9.90 Å². The minimum Gasteiger partial charge on any atom is -0.481 e. The average molecular weight is 219 g/mol. The molecule has 86 valence electrons. The van der Waals surface area contributed by atoms with E-state index in [4.69, 9.17) is 10.8 Å². The van der Waals surface area contributed by atoms with E-state index >= 15 is 0 Å². The molecule has 0 bridgehead atoms. The van der Waals surface area contributed by atoms with Gasteiger partial charge in [0, 0.05) is 12.5 Å². The van der Waals surface area contributed by atoms with Crippen molar-refractivity contribution in [3.05, 3.63) is 34.9 Å². The van der Waals surface area contributed by atoms with Gasteiger partial charge >= 0.3 is 5.97 Å². The van der Waals surface area contributed by atoms with Gasteiger partial charge in [0.2, 0.25) is 0 Å². The maximum absolute atomic E-state index is 10.5. The molecule has 0 spiro atoms. The monoisotopic (exact) mass is 219 g/mol. The summed E-state index contributed by atoms with van der Waals surface area (Å²) in [7, 11) is 0. The first-order valence-electron chi connectivity index (χ1n) is 5.73. The van der Waals surface area contributed by atoms with E-state index in [0.717, 1.165) is 24.8 Å². The number of aryl methyl sites for hydroxylation is 2. The summed E-state index contributed by atoms with van der Waals surface area (Å²) in [5.74, 6) is -0.741. The van der Waals surface area contributed by atoms with E-state index in [9.17, 15) is 4.79 Å². The van der Waals surface area contributed by atoms with Gasteiger partial charge < -0.3 is 10.8 Å². The van der Waals surface area contributed by atoms with E-state index in [0.29, 0.717) is 6.42 Å². The Morgan fingerprint density at radius 3 is 3.00 bits per heavy atom. The van der Waals surface area contributed by atoms with Crippen LogP contribution in [0.3, 0.4) is 0 Å². The van der Waals surface area contributed by atoms with Gasteiger partial charge in [0.1, 0.15) is 0 Å². The number of carboxylic acids is 1. The van der Waals surface area contributed by atoms with Gasteiger partial charge in [-0.2, -0.15) is 0 Å². The fourth-order valence-electron chi connectivity index (χ4n) is 2.25. The molecule has 16 heavy (non-hydrogen) atoms.